The summed E-state index contributed by atoms with van der Waals surface area (Å²) in [5.41, 5.74) is 1.13. The van der Waals surface area contributed by atoms with Gasteiger partial charge in [-0.2, -0.15) is 4.98 Å². The summed E-state index contributed by atoms with van der Waals surface area (Å²) in [4.78, 5) is 19.3. The molecule has 2 heterocycles. The molecule has 1 saturated heterocycles. The normalized spacial score (nSPS) is 18.8. The van der Waals surface area contributed by atoms with E-state index in [9.17, 15) is 4.79 Å². The van der Waals surface area contributed by atoms with Crippen molar-refractivity contribution in [2.24, 2.45) is 5.92 Å². The van der Waals surface area contributed by atoms with E-state index in [4.69, 9.17) is 9.26 Å². The molecule has 1 aromatic carbocycles. The molecule has 25 heavy (non-hydrogen) atoms. The maximum absolute atomic E-state index is 13.0. The Morgan fingerprint density at radius 2 is 2.12 bits per heavy atom. The van der Waals surface area contributed by atoms with E-state index in [2.05, 4.69) is 10.1 Å². The molecule has 1 aliphatic heterocycles. The van der Waals surface area contributed by atoms with Crippen LogP contribution in [0.15, 0.2) is 28.8 Å². The van der Waals surface area contributed by atoms with Crippen LogP contribution in [-0.4, -0.2) is 34.6 Å². The van der Waals surface area contributed by atoms with E-state index in [1.807, 2.05) is 36.1 Å². The molecule has 1 aromatic heterocycles. The lowest BCUT2D eigenvalue weighted by Crippen LogP contribution is -2.42. The summed E-state index contributed by atoms with van der Waals surface area (Å²) < 4.78 is 10.3. The number of methoxy groups -OCH3 is 1. The van der Waals surface area contributed by atoms with Crippen molar-refractivity contribution in [3.05, 3.63) is 41.5 Å². The first-order valence-electron chi connectivity index (χ1n) is 8.82. The van der Waals surface area contributed by atoms with Crippen molar-refractivity contribution in [2.75, 3.05) is 13.7 Å². The van der Waals surface area contributed by atoms with Crippen LogP contribution < -0.4 is 4.74 Å². The first-order valence-corrected chi connectivity index (χ1v) is 8.82. The highest BCUT2D eigenvalue weighted by atomic mass is 16.5. The lowest BCUT2D eigenvalue weighted by molar-refractivity contribution is -0.139. The van der Waals surface area contributed by atoms with E-state index in [0.717, 1.165) is 37.1 Å². The van der Waals surface area contributed by atoms with Crippen LogP contribution in [0.25, 0.3) is 0 Å². The fourth-order valence-electron chi connectivity index (χ4n) is 3.40. The summed E-state index contributed by atoms with van der Waals surface area (Å²) in [6.45, 7) is 4.52. The van der Waals surface area contributed by atoms with Crippen LogP contribution in [0.3, 0.4) is 0 Å². The van der Waals surface area contributed by atoms with Gasteiger partial charge in [-0.1, -0.05) is 24.2 Å². The molecule has 0 saturated carbocycles. The van der Waals surface area contributed by atoms with Gasteiger partial charge in [-0.3, -0.25) is 4.79 Å². The van der Waals surface area contributed by atoms with Gasteiger partial charge in [-0.15, -0.1) is 0 Å². The Hall–Kier alpha value is -2.37. The number of carbonyl (C=O) groups is 1. The Balaban J connectivity index is 1.70. The molecule has 1 fully saturated rings. The second-order valence-corrected chi connectivity index (χ2v) is 6.67. The monoisotopic (exact) mass is 343 g/mol. The molecule has 2 unspecified atom stereocenters. The summed E-state index contributed by atoms with van der Waals surface area (Å²) in [6.07, 6.45) is 3.69. The predicted octanol–water partition coefficient (Wildman–Crippen LogP) is 3.32. The Morgan fingerprint density at radius 1 is 1.36 bits per heavy atom. The van der Waals surface area contributed by atoms with Gasteiger partial charge < -0.3 is 14.2 Å². The van der Waals surface area contributed by atoms with Gasteiger partial charge in [0.2, 0.25) is 11.8 Å². The summed E-state index contributed by atoms with van der Waals surface area (Å²) in [6, 6.07) is 7.81. The fourth-order valence-corrected chi connectivity index (χ4v) is 3.40. The molecule has 134 valence electrons. The van der Waals surface area contributed by atoms with Gasteiger partial charge in [0.1, 0.15) is 5.75 Å². The van der Waals surface area contributed by atoms with Crippen molar-refractivity contribution in [1.29, 1.82) is 0 Å². The molecule has 3 rings (SSSR count). The van der Waals surface area contributed by atoms with Gasteiger partial charge in [0.15, 0.2) is 5.82 Å². The highest BCUT2D eigenvalue weighted by Gasteiger charge is 2.33. The summed E-state index contributed by atoms with van der Waals surface area (Å²) in [7, 11) is 1.65. The maximum Gasteiger partial charge on any atom is 0.226 e. The molecule has 2 atom stereocenters. The summed E-state index contributed by atoms with van der Waals surface area (Å²) >= 11 is 0. The minimum absolute atomic E-state index is 0.0722. The highest BCUT2D eigenvalue weighted by Crippen LogP contribution is 2.31. The molecule has 0 N–H and O–H groups in total. The van der Waals surface area contributed by atoms with E-state index < -0.39 is 0 Å². The number of likely N-dealkylation sites (tertiary alicyclic amines) is 1. The number of ether oxygens (including phenoxy) is 1. The molecule has 2 aromatic rings. The summed E-state index contributed by atoms with van der Waals surface area (Å²) in [5, 5.41) is 4.04. The van der Waals surface area contributed by atoms with Gasteiger partial charge in [0.25, 0.3) is 0 Å². The highest BCUT2D eigenvalue weighted by molar-refractivity contribution is 5.79. The fraction of sp³-hybridized carbons (Fsp3) is 0.526. The van der Waals surface area contributed by atoms with Crippen LogP contribution in [0.2, 0.25) is 0 Å². The third-order valence-corrected chi connectivity index (χ3v) is 4.75. The first-order chi connectivity index (χ1) is 12.1. The average Bonchev–Trinajstić information content (AvgIpc) is 3.08. The van der Waals surface area contributed by atoms with Gasteiger partial charge >= 0.3 is 0 Å². The van der Waals surface area contributed by atoms with Crippen LogP contribution in [0, 0.1) is 12.8 Å². The Labute approximate surface area is 148 Å². The Morgan fingerprint density at radius 3 is 2.76 bits per heavy atom. The standard InChI is InChI=1S/C19H25N3O3/c1-13(12-15-7-9-16(24-3)10-8-15)19(23)22-11-5-4-6-17(22)18-20-14(2)25-21-18/h7-10,13,17H,4-6,11-12H2,1-3H3. The lowest BCUT2D eigenvalue weighted by atomic mass is 9.95. The van der Waals surface area contributed by atoms with E-state index in [0.29, 0.717) is 18.1 Å². The van der Waals surface area contributed by atoms with Crippen molar-refractivity contribution in [1.82, 2.24) is 15.0 Å². The number of hydrogen-bond acceptors (Lipinski definition) is 5. The molecular formula is C19H25N3O3. The zero-order chi connectivity index (χ0) is 17.8. The van der Waals surface area contributed by atoms with Crippen LogP contribution in [0.4, 0.5) is 0 Å². The maximum atomic E-state index is 13.0. The second-order valence-electron chi connectivity index (χ2n) is 6.67. The second kappa shape index (κ2) is 7.68. The predicted molar refractivity (Wildman–Crippen MR) is 93.2 cm³/mol. The van der Waals surface area contributed by atoms with E-state index >= 15 is 0 Å². The Bertz CT molecular complexity index is 711. The van der Waals surface area contributed by atoms with Gasteiger partial charge in [0, 0.05) is 19.4 Å². The van der Waals surface area contributed by atoms with Crippen LogP contribution >= 0.6 is 0 Å². The molecule has 0 bridgehead atoms. The molecule has 1 amide bonds. The van der Waals surface area contributed by atoms with Gasteiger partial charge in [-0.25, -0.2) is 0 Å². The van der Waals surface area contributed by atoms with Crippen molar-refractivity contribution < 1.29 is 14.1 Å². The molecule has 1 aliphatic rings. The number of aryl methyl sites for hydroxylation is 1. The number of carbonyl (C=O) groups excluding carboxylic acids is 1. The van der Waals surface area contributed by atoms with Gasteiger partial charge in [0.05, 0.1) is 13.2 Å². The topological polar surface area (TPSA) is 68.5 Å². The number of benzene rings is 1. The largest absolute Gasteiger partial charge is 0.497 e. The van der Waals surface area contributed by atoms with E-state index in [-0.39, 0.29) is 17.9 Å². The first kappa shape index (κ1) is 17.5. The number of rotatable bonds is 5. The van der Waals surface area contributed by atoms with Crippen molar-refractivity contribution in [2.45, 2.75) is 45.6 Å². The number of piperidine rings is 1. The van der Waals surface area contributed by atoms with Crippen molar-refractivity contribution in [3.8, 4) is 5.75 Å². The van der Waals surface area contributed by atoms with Crippen molar-refractivity contribution >= 4 is 5.91 Å². The van der Waals surface area contributed by atoms with Crippen molar-refractivity contribution in [3.63, 3.8) is 0 Å². The molecule has 0 aliphatic carbocycles. The lowest BCUT2D eigenvalue weighted by Gasteiger charge is -2.35. The smallest absolute Gasteiger partial charge is 0.226 e. The molecular weight excluding hydrogens is 318 g/mol. The third-order valence-electron chi connectivity index (χ3n) is 4.75. The van der Waals surface area contributed by atoms with Gasteiger partial charge in [-0.05, 0) is 43.4 Å². The molecule has 6 nitrogen and oxygen atoms in total. The Kier molecular flexibility index (Phi) is 5.36. The zero-order valence-electron chi connectivity index (χ0n) is 15.1. The van der Waals surface area contributed by atoms with E-state index in [1.54, 1.807) is 14.0 Å². The zero-order valence-corrected chi connectivity index (χ0v) is 15.1. The third kappa shape index (κ3) is 4.00. The minimum atomic E-state index is -0.0954. The SMILES string of the molecule is COc1ccc(CC(C)C(=O)N2CCCCC2c2noc(C)n2)cc1. The van der Waals surface area contributed by atoms with E-state index in [1.165, 1.54) is 0 Å². The number of nitrogens with zero attached hydrogens (tertiary/aromatic N) is 3. The minimum Gasteiger partial charge on any atom is -0.497 e. The molecule has 0 spiro atoms. The molecule has 0 radical (unpaired) electrons. The van der Waals surface area contributed by atoms with Crippen LogP contribution in [-0.2, 0) is 11.2 Å². The number of amides is 1. The quantitative estimate of drug-likeness (QED) is 0.833. The number of aromatic nitrogens is 2. The van der Waals surface area contributed by atoms with Crippen LogP contribution in [0.1, 0.15) is 49.5 Å². The van der Waals surface area contributed by atoms with Crippen LogP contribution in [0.5, 0.6) is 5.75 Å². The molecule has 6 heteroatoms. The summed E-state index contributed by atoms with van der Waals surface area (Å²) in [5.74, 6) is 2.05. The number of hydrogen-bond donors (Lipinski definition) is 0. The average molecular weight is 343 g/mol.